The Balaban J connectivity index is 1.70. The Morgan fingerprint density at radius 1 is 1.02 bits per heavy atom. The van der Waals surface area contributed by atoms with Gasteiger partial charge in [0.15, 0.2) is 4.80 Å². The average Bonchev–Trinajstić information content (AvgIpc) is 3.49. The van der Waals surface area contributed by atoms with Gasteiger partial charge in [0.25, 0.3) is 11.5 Å². The Hall–Kier alpha value is -5.02. The van der Waals surface area contributed by atoms with Gasteiger partial charge in [0.05, 0.1) is 42.3 Å². The summed E-state index contributed by atoms with van der Waals surface area (Å²) in [5.41, 5.74) is 3.32. The summed E-state index contributed by atoms with van der Waals surface area (Å²) in [6.45, 7) is 5.98. The molecule has 1 aromatic heterocycles. The number of thiazole rings is 1. The summed E-state index contributed by atoms with van der Waals surface area (Å²) in [5.74, 6) is -0.220. The first kappa shape index (κ1) is 27.2. The molecule has 9 heteroatoms. The smallest absolute Gasteiger partial charge is 0.338 e. The van der Waals surface area contributed by atoms with Gasteiger partial charge in [-0.3, -0.25) is 14.2 Å². The van der Waals surface area contributed by atoms with Gasteiger partial charge >= 0.3 is 5.97 Å². The first-order valence-corrected chi connectivity index (χ1v) is 14.3. The number of anilines is 1. The van der Waals surface area contributed by atoms with E-state index in [-0.39, 0.29) is 22.6 Å². The Morgan fingerprint density at radius 3 is 2.43 bits per heavy atom. The van der Waals surface area contributed by atoms with Gasteiger partial charge in [-0.25, -0.2) is 9.79 Å². The Morgan fingerprint density at radius 2 is 1.74 bits per heavy atom. The summed E-state index contributed by atoms with van der Waals surface area (Å²) in [6, 6.07) is 23.1. The van der Waals surface area contributed by atoms with Gasteiger partial charge in [-0.15, -0.1) is 6.58 Å². The van der Waals surface area contributed by atoms with E-state index in [0.29, 0.717) is 50.7 Å². The number of benzene rings is 3. The fourth-order valence-corrected chi connectivity index (χ4v) is 6.49. The van der Waals surface area contributed by atoms with Crippen molar-refractivity contribution >= 4 is 40.2 Å². The van der Waals surface area contributed by atoms with Crippen molar-refractivity contribution in [2.24, 2.45) is 4.99 Å². The number of methoxy groups -OCH3 is 1. The number of carbonyl (C=O) groups excluding carboxylic acids is 2. The number of aromatic nitrogens is 1. The van der Waals surface area contributed by atoms with Crippen LogP contribution in [0.3, 0.4) is 0 Å². The number of amides is 1. The zero-order valence-electron chi connectivity index (χ0n) is 23.1. The van der Waals surface area contributed by atoms with Gasteiger partial charge < -0.3 is 14.4 Å². The molecule has 0 aliphatic carbocycles. The molecule has 0 spiro atoms. The molecule has 1 atom stereocenters. The average molecular weight is 578 g/mol. The molecule has 6 rings (SSSR count). The van der Waals surface area contributed by atoms with Crippen molar-refractivity contribution in [1.29, 1.82) is 0 Å². The maximum Gasteiger partial charge on any atom is 0.338 e. The third-order valence-electron chi connectivity index (χ3n) is 7.24. The van der Waals surface area contributed by atoms with Crippen molar-refractivity contribution < 1.29 is 19.1 Å². The van der Waals surface area contributed by atoms with Crippen LogP contribution >= 0.6 is 11.3 Å². The summed E-state index contributed by atoms with van der Waals surface area (Å²) in [5, 5.41) is 0. The summed E-state index contributed by atoms with van der Waals surface area (Å²) < 4.78 is 12.6. The summed E-state index contributed by atoms with van der Waals surface area (Å²) in [7, 11) is 1.57. The van der Waals surface area contributed by atoms with Gasteiger partial charge in [0, 0.05) is 17.7 Å². The number of hydrogen-bond acceptors (Lipinski definition) is 7. The molecular weight excluding hydrogens is 550 g/mol. The highest BCUT2D eigenvalue weighted by Gasteiger charge is 2.38. The lowest BCUT2D eigenvalue weighted by molar-refractivity contribution is -0.138. The monoisotopic (exact) mass is 577 g/mol. The van der Waals surface area contributed by atoms with Gasteiger partial charge in [-0.2, -0.15) is 0 Å². The molecule has 0 saturated carbocycles. The van der Waals surface area contributed by atoms with Gasteiger partial charge in [0.1, 0.15) is 10.3 Å². The molecule has 3 aromatic carbocycles. The van der Waals surface area contributed by atoms with Crippen LogP contribution in [0.25, 0.3) is 11.3 Å². The number of esters is 1. The minimum absolute atomic E-state index is 0.152. The van der Waals surface area contributed by atoms with E-state index >= 15 is 0 Å². The van der Waals surface area contributed by atoms with Gasteiger partial charge in [-0.1, -0.05) is 78.1 Å². The second-order valence-electron chi connectivity index (χ2n) is 9.62. The van der Waals surface area contributed by atoms with Crippen molar-refractivity contribution in [3.05, 3.63) is 133 Å². The number of para-hydroxylation sites is 1. The largest absolute Gasteiger partial charge is 0.497 e. The van der Waals surface area contributed by atoms with Crippen LogP contribution in [0.5, 0.6) is 5.75 Å². The van der Waals surface area contributed by atoms with E-state index in [4.69, 9.17) is 14.5 Å². The zero-order valence-corrected chi connectivity index (χ0v) is 23.9. The first-order valence-electron chi connectivity index (χ1n) is 13.5. The van der Waals surface area contributed by atoms with E-state index in [1.165, 1.54) is 4.57 Å². The van der Waals surface area contributed by atoms with Crippen molar-refractivity contribution in [2.45, 2.75) is 13.0 Å². The number of fused-ring (bicyclic) bond motifs is 2. The minimum Gasteiger partial charge on any atom is -0.497 e. The lowest BCUT2D eigenvalue weighted by Gasteiger charge is -2.26. The maximum absolute atomic E-state index is 14.4. The van der Waals surface area contributed by atoms with Gasteiger partial charge in [0.2, 0.25) is 0 Å². The van der Waals surface area contributed by atoms with Crippen LogP contribution in [0.15, 0.2) is 107 Å². The highest BCUT2D eigenvalue weighted by Crippen LogP contribution is 2.37. The number of ether oxygens (including phenoxy) is 2. The van der Waals surface area contributed by atoms with E-state index in [0.717, 1.165) is 11.3 Å². The number of rotatable bonds is 7. The molecular formula is C33H27N3O5S. The first-order chi connectivity index (χ1) is 20.5. The van der Waals surface area contributed by atoms with Crippen molar-refractivity contribution in [2.75, 3.05) is 25.2 Å². The second kappa shape index (κ2) is 11.1. The molecule has 0 fully saturated rings. The number of carbonyl (C=O) groups is 2. The van der Waals surface area contributed by atoms with Crippen LogP contribution in [0, 0.1) is 0 Å². The summed E-state index contributed by atoms with van der Waals surface area (Å²) in [4.78, 5) is 48.7. The fourth-order valence-electron chi connectivity index (χ4n) is 5.40. The van der Waals surface area contributed by atoms with Crippen LogP contribution in [0.2, 0.25) is 0 Å². The van der Waals surface area contributed by atoms with E-state index in [1.54, 1.807) is 37.1 Å². The molecule has 0 unspecified atom stereocenters. The quantitative estimate of drug-likeness (QED) is 0.246. The standard InChI is InChI=1S/C33H27N3O5S/c1-4-19-35-24-14-10-9-13-23(24)25(30(35)37)29-31(38)36-28(21-15-17-22(40-3)18-16-21)26(32(39)41-5-2)27(34-33(36)42-29)20-11-7-6-8-12-20/h4,6-18,28H,1,5,19H2,2-3H3/b29-25+/t28-/m0/s1. The fraction of sp³-hybridized carbons (Fsp3) is 0.152. The second-order valence-corrected chi connectivity index (χ2v) is 10.6. The Labute approximate surface area is 245 Å². The number of hydrogen-bond donors (Lipinski definition) is 0. The van der Waals surface area contributed by atoms with Crippen molar-refractivity contribution in [3.8, 4) is 5.75 Å². The Kier molecular flexibility index (Phi) is 7.18. The van der Waals surface area contributed by atoms with E-state index in [2.05, 4.69) is 6.58 Å². The number of nitrogens with zero attached hydrogens (tertiary/aromatic N) is 3. The third kappa shape index (κ3) is 4.38. The molecule has 2 aliphatic heterocycles. The molecule has 42 heavy (non-hydrogen) atoms. The van der Waals surface area contributed by atoms with Crippen LogP contribution in [0.1, 0.15) is 29.7 Å². The summed E-state index contributed by atoms with van der Waals surface area (Å²) >= 11 is 1.14. The van der Waals surface area contributed by atoms with E-state index < -0.39 is 17.6 Å². The van der Waals surface area contributed by atoms with Crippen molar-refractivity contribution in [3.63, 3.8) is 0 Å². The lowest BCUT2D eigenvalue weighted by atomic mass is 9.93. The topological polar surface area (TPSA) is 90.2 Å². The van der Waals surface area contributed by atoms with E-state index in [9.17, 15) is 14.4 Å². The van der Waals surface area contributed by atoms with Crippen LogP contribution in [0.4, 0.5) is 5.69 Å². The molecule has 210 valence electrons. The molecule has 0 bridgehead atoms. The normalized spacial score (nSPS) is 17.0. The molecule has 2 aliphatic rings. The molecule has 4 aromatic rings. The highest BCUT2D eigenvalue weighted by atomic mass is 32.1. The zero-order chi connectivity index (χ0) is 29.4. The molecule has 1 amide bonds. The molecule has 3 heterocycles. The van der Waals surface area contributed by atoms with E-state index in [1.807, 2.05) is 66.7 Å². The predicted octanol–water partition coefficient (Wildman–Crippen LogP) is 3.85. The van der Waals surface area contributed by atoms with Crippen molar-refractivity contribution in [1.82, 2.24) is 4.57 Å². The minimum atomic E-state index is -0.855. The predicted molar refractivity (Wildman–Crippen MR) is 162 cm³/mol. The molecule has 0 N–H and O–H groups in total. The van der Waals surface area contributed by atoms with Crippen LogP contribution < -0.4 is 24.5 Å². The maximum atomic E-state index is 14.4. The van der Waals surface area contributed by atoms with Crippen LogP contribution in [-0.2, 0) is 14.3 Å². The van der Waals surface area contributed by atoms with Gasteiger partial charge in [-0.05, 0) is 30.7 Å². The lowest BCUT2D eigenvalue weighted by Crippen LogP contribution is -2.41. The molecule has 0 saturated heterocycles. The molecule has 0 radical (unpaired) electrons. The van der Waals surface area contributed by atoms with Crippen LogP contribution in [-0.4, -0.2) is 36.7 Å². The highest BCUT2D eigenvalue weighted by molar-refractivity contribution is 7.07. The summed E-state index contributed by atoms with van der Waals surface area (Å²) in [6.07, 6.45) is 1.65. The molecule has 8 nitrogen and oxygen atoms in total. The third-order valence-corrected chi connectivity index (χ3v) is 8.30. The SMILES string of the molecule is C=CCN1C(=O)/C(=c2/sc3n(c2=O)[C@@H](c2ccc(OC)cc2)C(C(=O)OCC)=C(c2ccccc2)N=3)c2ccccc21. The Bertz CT molecular complexity index is 1940.